The Labute approximate surface area is 259 Å². The average molecular weight is 611 g/mol. The Hall–Kier alpha value is -4.43. The third kappa shape index (κ3) is 3.76. The Morgan fingerprint density at radius 1 is 0.932 bits per heavy atom. The van der Waals surface area contributed by atoms with E-state index in [1.807, 2.05) is 36.4 Å². The van der Waals surface area contributed by atoms with Crippen molar-refractivity contribution < 1.29 is 29.0 Å². The van der Waals surface area contributed by atoms with Crippen molar-refractivity contribution in [2.75, 3.05) is 18.6 Å². The second kappa shape index (κ2) is 10.3. The van der Waals surface area contributed by atoms with Crippen LogP contribution in [0.5, 0.6) is 11.5 Å². The summed E-state index contributed by atoms with van der Waals surface area (Å²) in [4.78, 5) is 59.4. The first-order valence-corrected chi connectivity index (χ1v) is 15.2. The van der Waals surface area contributed by atoms with Crippen LogP contribution in [0.3, 0.4) is 0 Å². The molecular formula is C35H31ClN2O6. The smallest absolute Gasteiger partial charge is 0.246 e. The molecule has 4 amide bonds. The van der Waals surface area contributed by atoms with E-state index >= 15 is 4.79 Å². The molecule has 0 spiro atoms. The number of halogens is 1. The van der Waals surface area contributed by atoms with Crippen molar-refractivity contribution in [1.82, 2.24) is 4.90 Å². The summed E-state index contributed by atoms with van der Waals surface area (Å²) in [6, 6.07) is 21.0. The molecule has 1 saturated carbocycles. The van der Waals surface area contributed by atoms with Crippen LogP contribution in [0.25, 0.3) is 0 Å². The van der Waals surface area contributed by atoms with Crippen LogP contribution in [0.15, 0.2) is 84.4 Å². The van der Waals surface area contributed by atoms with Gasteiger partial charge in [0.05, 0.1) is 36.0 Å². The number of ether oxygens (including phenoxy) is 1. The maximum Gasteiger partial charge on any atom is 0.246 e. The summed E-state index contributed by atoms with van der Waals surface area (Å²) in [5.41, 5.74) is 1.09. The van der Waals surface area contributed by atoms with E-state index in [4.69, 9.17) is 16.3 Å². The first-order valence-electron chi connectivity index (χ1n) is 14.9. The molecule has 2 aliphatic heterocycles. The maximum atomic E-state index is 15.1. The van der Waals surface area contributed by atoms with Crippen LogP contribution in [-0.2, 0) is 24.6 Å². The number of benzene rings is 3. The number of nitrogens with zero attached hydrogens (tertiary/aromatic N) is 2. The minimum absolute atomic E-state index is 0.103. The summed E-state index contributed by atoms with van der Waals surface area (Å²) in [6.45, 7) is 2.06. The van der Waals surface area contributed by atoms with E-state index in [-0.39, 0.29) is 42.2 Å². The lowest BCUT2D eigenvalue weighted by Crippen LogP contribution is -2.53. The first kappa shape index (κ1) is 28.3. The number of rotatable bonds is 5. The molecule has 8 nitrogen and oxygen atoms in total. The maximum absolute atomic E-state index is 15.1. The van der Waals surface area contributed by atoms with E-state index in [9.17, 15) is 19.5 Å². The van der Waals surface area contributed by atoms with Gasteiger partial charge >= 0.3 is 0 Å². The number of imide groups is 2. The summed E-state index contributed by atoms with van der Waals surface area (Å²) >= 11 is 6.34. The van der Waals surface area contributed by atoms with E-state index in [0.717, 1.165) is 5.57 Å². The number of allylic oxidation sites excluding steroid dienone is 2. The van der Waals surface area contributed by atoms with Crippen LogP contribution < -0.4 is 9.64 Å². The molecule has 0 bridgehead atoms. The van der Waals surface area contributed by atoms with Crippen molar-refractivity contribution >= 4 is 40.9 Å². The zero-order valence-corrected chi connectivity index (χ0v) is 25.0. The lowest BCUT2D eigenvalue weighted by Gasteiger charge is -2.50. The molecule has 3 aromatic rings. The molecule has 2 aliphatic carbocycles. The largest absolute Gasteiger partial charge is 0.504 e. The molecule has 1 N–H and O–H groups in total. The summed E-state index contributed by atoms with van der Waals surface area (Å²) < 4.78 is 5.33. The van der Waals surface area contributed by atoms with Gasteiger partial charge in [-0.05, 0) is 67.1 Å². The molecule has 3 aromatic carbocycles. The van der Waals surface area contributed by atoms with E-state index in [1.165, 1.54) is 16.9 Å². The highest BCUT2D eigenvalue weighted by molar-refractivity contribution is 6.32. The van der Waals surface area contributed by atoms with Crippen LogP contribution in [0.1, 0.15) is 36.8 Å². The van der Waals surface area contributed by atoms with Gasteiger partial charge in [0.25, 0.3) is 0 Å². The second-order valence-corrected chi connectivity index (χ2v) is 12.4. The third-order valence-electron chi connectivity index (χ3n) is 10.1. The fourth-order valence-corrected chi connectivity index (χ4v) is 8.57. The monoisotopic (exact) mass is 610 g/mol. The molecule has 6 atom stereocenters. The SMILES string of the molecule is CCN1C(=O)C2CC=C3C(CC4C(=O)N(c5cccc(Cl)c5)C(=O)C4(c4ccccc4)C3c3ccc(OC)c(O)c3)C2C1=O. The van der Waals surface area contributed by atoms with Gasteiger partial charge in [0, 0.05) is 17.5 Å². The number of carbonyl (C=O) groups excluding carboxylic acids is 4. The van der Waals surface area contributed by atoms with Crippen LogP contribution in [0, 0.1) is 23.7 Å². The highest BCUT2D eigenvalue weighted by Gasteiger charge is 2.70. The Morgan fingerprint density at radius 3 is 2.39 bits per heavy atom. The molecule has 2 saturated heterocycles. The number of methoxy groups -OCH3 is 1. The molecule has 0 aromatic heterocycles. The molecule has 4 aliphatic rings. The number of phenols is 1. The van der Waals surface area contributed by atoms with Gasteiger partial charge in [-0.25, -0.2) is 4.90 Å². The lowest BCUT2D eigenvalue weighted by atomic mass is 9.49. The number of aromatic hydroxyl groups is 1. The molecule has 7 rings (SSSR count). The summed E-state index contributed by atoms with van der Waals surface area (Å²) in [5, 5.41) is 11.3. The van der Waals surface area contributed by atoms with Crippen LogP contribution in [-0.4, -0.2) is 47.3 Å². The number of hydrogen-bond acceptors (Lipinski definition) is 6. The molecule has 224 valence electrons. The summed E-state index contributed by atoms with van der Waals surface area (Å²) in [6.07, 6.45) is 2.58. The number of carbonyl (C=O) groups is 4. The number of fused-ring (bicyclic) bond motifs is 4. The van der Waals surface area contributed by atoms with Gasteiger partial charge in [-0.1, -0.05) is 65.7 Å². The number of likely N-dealkylation sites (tertiary alicyclic amines) is 1. The Kier molecular flexibility index (Phi) is 6.66. The summed E-state index contributed by atoms with van der Waals surface area (Å²) in [5.74, 6) is -4.20. The van der Waals surface area contributed by atoms with Gasteiger partial charge in [0.1, 0.15) is 0 Å². The number of phenolic OH excluding ortho intramolecular Hbond substituents is 1. The Balaban J connectivity index is 1.51. The zero-order valence-electron chi connectivity index (χ0n) is 24.3. The summed E-state index contributed by atoms with van der Waals surface area (Å²) in [7, 11) is 1.46. The Morgan fingerprint density at radius 2 is 1.70 bits per heavy atom. The molecular weight excluding hydrogens is 580 g/mol. The molecule has 3 fully saturated rings. The standard InChI is InChI=1S/C35H31ClN2O6/c1-3-37-31(40)24-14-13-23-25(29(24)33(37)42)18-26-32(41)38(22-11-7-10-21(36)17-22)34(43)35(26,20-8-5-4-6-9-20)30(23)19-12-15-28(44-2)27(39)16-19/h4-13,15-17,24-26,29-30,39H,3,14,18H2,1-2H3. The topological polar surface area (TPSA) is 104 Å². The molecule has 9 heteroatoms. The quantitative estimate of drug-likeness (QED) is 0.313. The zero-order chi connectivity index (χ0) is 30.9. The molecule has 2 heterocycles. The van der Waals surface area contributed by atoms with E-state index in [2.05, 4.69) is 0 Å². The molecule has 0 radical (unpaired) electrons. The predicted molar refractivity (Wildman–Crippen MR) is 163 cm³/mol. The van der Waals surface area contributed by atoms with Crippen LogP contribution in [0.4, 0.5) is 5.69 Å². The number of hydrogen-bond donors (Lipinski definition) is 1. The fraction of sp³-hybridized carbons (Fsp3) is 0.314. The van der Waals surface area contributed by atoms with E-state index in [1.54, 1.807) is 49.4 Å². The van der Waals surface area contributed by atoms with Gasteiger partial charge < -0.3 is 9.84 Å². The normalized spacial score (nSPS) is 29.3. The highest BCUT2D eigenvalue weighted by Crippen LogP contribution is 2.64. The van der Waals surface area contributed by atoms with Gasteiger partial charge in [-0.2, -0.15) is 0 Å². The van der Waals surface area contributed by atoms with E-state index < -0.39 is 40.9 Å². The van der Waals surface area contributed by atoms with Crippen molar-refractivity contribution in [1.29, 1.82) is 0 Å². The highest BCUT2D eigenvalue weighted by atomic mass is 35.5. The third-order valence-corrected chi connectivity index (χ3v) is 10.3. The van der Waals surface area contributed by atoms with E-state index in [0.29, 0.717) is 28.3 Å². The van der Waals surface area contributed by atoms with Gasteiger partial charge in [-0.15, -0.1) is 0 Å². The van der Waals surface area contributed by atoms with Crippen LogP contribution in [0.2, 0.25) is 5.02 Å². The van der Waals surface area contributed by atoms with Crippen molar-refractivity contribution in [2.45, 2.75) is 31.1 Å². The molecule has 6 unspecified atom stereocenters. The van der Waals surface area contributed by atoms with Gasteiger partial charge in [0.2, 0.25) is 23.6 Å². The van der Waals surface area contributed by atoms with Crippen molar-refractivity contribution in [2.24, 2.45) is 23.7 Å². The second-order valence-electron chi connectivity index (χ2n) is 11.9. The Bertz CT molecular complexity index is 1750. The van der Waals surface area contributed by atoms with Crippen LogP contribution >= 0.6 is 11.6 Å². The van der Waals surface area contributed by atoms with Gasteiger partial charge in [-0.3, -0.25) is 24.1 Å². The average Bonchev–Trinajstić information content (AvgIpc) is 3.41. The number of amides is 4. The van der Waals surface area contributed by atoms with Crippen molar-refractivity contribution in [3.63, 3.8) is 0 Å². The molecule has 44 heavy (non-hydrogen) atoms. The van der Waals surface area contributed by atoms with Crippen molar-refractivity contribution in [3.05, 3.63) is 101 Å². The van der Waals surface area contributed by atoms with Gasteiger partial charge in [0.15, 0.2) is 11.5 Å². The fourth-order valence-electron chi connectivity index (χ4n) is 8.38. The lowest BCUT2D eigenvalue weighted by molar-refractivity contribution is -0.140. The number of anilines is 1. The first-order chi connectivity index (χ1) is 21.2. The predicted octanol–water partition coefficient (Wildman–Crippen LogP) is 5.24. The minimum Gasteiger partial charge on any atom is -0.504 e. The van der Waals surface area contributed by atoms with Crippen molar-refractivity contribution in [3.8, 4) is 11.5 Å². The minimum atomic E-state index is -1.40.